The van der Waals surface area contributed by atoms with Crippen molar-refractivity contribution in [1.82, 2.24) is 0 Å². The molecule has 3 nitrogen and oxygen atoms in total. The van der Waals surface area contributed by atoms with Crippen molar-refractivity contribution in [2.24, 2.45) is 0 Å². The first-order valence-electron chi connectivity index (χ1n) is 3.57. The highest BCUT2D eigenvalue weighted by molar-refractivity contribution is 5.87. The zero-order valence-electron chi connectivity index (χ0n) is 6.56. The molecule has 1 aliphatic carbocycles. The minimum absolute atomic E-state index is 0.232. The highest BCUT2D eigenvalue weighted by Gasteiger charge is 2.63. The predicted octanol–water partition coefficient (Wildman–Crippen LogP) is 0.866. The number of carbonyl (C=O) groups is 2. The number of Topliss-reactive ketones (excluding diaryl/α,β-unsaturated/α-hetero) is 1. The van der Waals surface area contributed by atoms with E-state index in [4.69, 9.17) is 0 Å². The fraction of sp³-hybridized carbons (Fsp3) is 0.714. The molecule has 0 bridgehead atoms. The van der Waals surface area contributed by atoms with E-state index >= 15 is 0 Å². The Labute approximate surface area is 71.9 Å². The van der Waals surface area contributed by atoms with Gasteiger partial charge < -0.3 is 9.53 Å². The van der Waals surface area contributed by atoms with Gasteiger partial charge in [0, 0.05) is 12.8 Å². The van der Waals surface area contributed by atoms with Gasteiger partial charge in [-0.3, -0.25) is 4.79 Å². The van der Waals surface area contributed by atoms with Crippen LogP contribution in [0.3, 0.4) is 0 Å². The van der Waals surface area contributed by atoms with Crippen LogP contribution in [0.1, 0.15) is 12.8 Å². The summed E-state index contributed by atoms with van der Waals surface area (Å²) in [7, 11) is 0. The molecule has 13 heavy (non-hydrogen) atoms. The molecule has 0 atom stereocenters. The highest BCUT2D eigenvalue weighted by Crippen LogP contribution is 2.45. The average Bonchev–Trinajstić information content (AvgIpc) is 1.93. The van der Waals surface area contributed by atoms with Crippen molar-refractivity contribution in [3.63, 3.8) is 0 Å². The summed E-state index contributed by atoms with van der Waals surface area (Å²) in [6.07, 6.45) is -5.70. The normalized spacial score (nSPS) is 21.0. The molecule has 0 aromatic heterocycles. The summed E-state index contributed by atoms with van der Waals surface area (Å²) in [4.78, 5) is 20.3. The molecule has 0 amide bonds. The fourth-order valence-corrected chi connectivity index (χ4v) is 1.16. The summed E-state index contributed by atoms with van der Waals surface area (Å²) in [5, 5.41) is 0. The van der Waals surface area contributed by atoms with Gasteiger partial charge in [-0.2, -0.15) is 13.2 Å². The minimum atomic E-state index is -4.58. The maximum Gasteiger partial charge on any atom is 0.418 e. The molecule has 1 saturated carbocycles. The van der Waals surface area contributed by atoms with Crippen molar-refractivity contribution in [2.45, 2.75) is 24.6 Å². The van der Waals surface area contributed by atoms with Crippen molar-refractivity contribution in [3.05, 3.63) is 0 Å². The van der Waals surface area contributed by atoms with Gasteiger partial charge in [-0.05, 0) is 0 Å². The molecular formula is C7H7F3O3. The first-order valence-corrected chi connectivity index (χ1v) is 3.57. The third kappa shape index (κ3) is 1.72. The van der Waals surface area contributed by atoms with Crippen LogP contribution in [0, 0.1) is 0 Å². The number of ketones is 1. The quantitative estimate of drug-likeness (QED) is 0.629. The molecular weight excluding hydrogens is 189 g/mol. The molecule has 0 spiro atoms. The molecule has 74 valence electrons. The maximum atomic E-state index is 12.3. The molecule has 0 unspecified atom stereocenters. The number of aldehydes is 1. The molecule has 0 aromatic carbocycles. The summed E-state index contributed by atoms with van der Waals surface area (Å²) < 4.78 is 41.1. The number of carbonyl (C=O) groups excluding carboxylic acids is 2. The molecule has 0 radical (unpaired) electrons. The van der Waals surface area contributed by atoms with Gasteiger partial charge in [0.1, 0.15) is 18.7 Å². The van der Waals surface area contributed by atoms with Gasteiger partial charge in [0.05, 0.1) is 0 Å². The minimum Gasteiger partial charge on any atom is -0.357 e. The lowest BCUT2D eigenvalue weighted by atomic mass is 9.78. The van der Waals surface area contributed by atoms with Crippen molar-refractivity contribution in [1.29, 1.82) is 0 Å². The van der Waals surface area contributed by atoms with Gasteiger partial charge >= 0.3 is 6.18 Å². The van der Waals surface area contributed by atoms with E-state index < -0.39 is 37.0 Å². The molecule has 0 heterocycles. The lowest BCUT2D eigenvalue weighted by Gasteiger charge is -2.40. The zero-order valence-corrected chi connectivity index (χ0v) is 6.56. The molecule has 1 fully saturated rings. The summed E-state index contributed by atoms with van der Waals surface area (Å²) in [6.45, 7) is -0.632. The van der Waals surface area contributed by atoms with E-state index in [1.54, 1.807) is 0 Å². The zero-order chi connectivity index (χ0) is 10.1. The molecule has 1 rings (SSSR count). The summed E-state index contributed by atoms with van der Waals surface area (Å²) in [5.74, 6) is -0.497. The SMILES string of the molecule is O=CCOC1(C(F)(F)F)CC(=O)C1. The van der Waals surface area contributed by atoms with Crippen molar-refractivity contribution in [3.8, 4) is 0 Å². The smallest absolute Gasteiger partial charge is 0.357 e. The fourth-order valence-electron chi connectivity index (χ4n) is 1.16. The van der Waals surface area contributed by atoms with E-state index in [0.717, 1.165) is 0 Å². The van der Waals surface area contributed by atoms with Crippen LogP contribution < -0.4 is 0 Å². The predicted molar refractivity (Wildman–Crippen MR) is 35.0 cm³/mol. The Kier molecular flexibility index (Phi) is 2.42. The van der Waals surface area contributed by atoms with E-state index in [-0.39, 0.29) is 6.29 Å². The number of ether oxygens (including phenoxy) is 1. The van der Waals surface area contributed by atoms with E-state index in [2.05, 4.69) is 4.74 Å². The summed E-state index contributed by atoms with van der Waals surface area (Å²) in [5.41, 5.74) is -2.40. The third-order valence-corrected chi connectivity index (χ3v) is 1.91. The van der Waals surface area contributed by atoms with Crippen LogP contribution >= 0.6 is 0 Å². The Hall–Kier alpha value is -0.910. The highest BCUT2D eigenvalue weighted by atomic mass is 19.4. The van der Waals surface area contributed by atoms with Crippen LogP contribution in [0.25, 0.3) is 0 Å². The second kappa shape index (κ2) is 3.10. The molecule has 0 saturated heterocycles. The number of hydrogen-bond acceptors (Lipinski definition) is 3. The number of hydrogen-bond donors (Lipinski definition) is 0. The number of alkyl halides is 3. The Morgan fingerprint density at radius 2 is 2.00 bits per heavy atom. The number of halogens is 3. The third-order valence-electron chi connectivity index (χ3n) is 1.91. The molecule has 1 aliphatic rings. The first-order chi connectivity index (χ1) is 5.91. The second-order valence-corrected chi connectivity index (χ2v) is 2.86. The molecule has 0 N–H and O–H groups in total. The topological polar surface area (TPSA) is 43.4 Å². The van der Waals surface area contributed by atoms with Crippen LogP contribution in [0.2, 0.25) is 0 Å². The maximum absolute atomic E-state index is 12.3. The van der Waals surface area contributed by atoms with E-state index in [1.165, 1.54) is 0 Å². The van der Waals surface area contributed by atoms with Gasteiger partial charge in [0.15, 0.2) is 5.60 Å². The largest absolute Gasteiger partial charge is 0.418 e. The average molecular weight is 196 g/mol. The van der Waals surface area contributed by atoms with Crippen molar-refractivity contribution < 1.29 is 27.5 Å². The van der Waals surface area contributed by atoms with Gasteiger partial charge in [0.25, 0.3) is 0 Å². The van der Waals surface area contributed by atoms with Crippen molar-refractivity contribution in [2.75, 3.05) is 6.61 Å². The van der Waals surface area contributed by atoms with E-state index in [9.17, 15) is 22.8 Å². The van der Waals surface area contributed by atoms with Crippen molar-refractivity contribution >= 4 is 12.1 Å². The van der Waals surface area contributed by atoms with Crippen LogP contribution in [0.15, 0.2) is 0 Å². The Balaban J connectivity index is 2.66. The summed E-state index contributed by atoms with van der Waals surface area (Å²) in [6, 6.07) is 0. The number of rotatable bonds is 3. The lowest BCUT2D eigenvalue weighted by Crippen LogP contribution is -2.57. The lowest BCUT2D eigenvalue weighted by molar-refractivity contribution is -0.290. The monoisotopic (exact) mass is 196 g/mol. The van der Waals surface area contributed by atoms with Gasteiger partial charge in [-0.1, -0.05) is 0 Å². The van der Waals surface area contributed by atoms with Gasteiger partial charge in [-0.15, -0.1) is 0 Å². The van der Waals surface area contributed by atoms with Crippen LogP contribution in [-0.2, 0) is 14.3 Å². The van der Waals surface area contributed by atoms with E-state index in [0.29, 0.717) is 0 Å². The second-order valence-electron chi connectivity index (χ2n) is 2.86. The summed E-state index contributed by atoms with van der Waals surface area (Å²) >= 11 is 0. The van der Waals surface area contributed by atoms with Gasteiger partial charge in [0.2, 0.25) is 0 Å². The molecule has 6 heteroatoms. The van der Waals surface area contributed by atoms with Crippen LogP contribution in [0.4, 0.5) is 13.2 Å². The van der Waals surface area contributed by atoms with Gasteiger partial charge in [-0.25, -0.2) is 0 Å². The molecule has 0 aromatic rings. The Morgan fingerprint density at radius 1 is 1.46 bits per heavy atom. The first kappa shape index (κ1) is 10.2. The van der Waals surface area contributed by atoms with E-state index in [1.807, 2.05) is 0 Å². The van der Waals surface area contributed by atoms with Crippen LogP contribution in [0.5, 0.6) is 0 Å². The van der Waals surface area contributed by atoms with Crippen LogP contribution in [-0.4, -0.2) is 30.5 Å². The Bertz CT molecular complexity index is 226. The Morgan fingerprint density at radius 3 is 2.31 bits per heavy atom. The molecule has 0 aliphatic heterocycles. The standard InChI is InChI=1S/C7H7F3O3/c8-7(9,10)6(13-2-1-11)3-5(12)4-6/h1H,2-4H2.